The summed E-state index contributed by atoms with van der Waals surface area (Å²) in [7, 11) is -3.22. The van der Waals surface area contributed by atoms with Gasteiger partial charge in [0.05, 0.1) is 125 Å². The second-order valence-corrected chi connectivity index (χ2v) is 25.1. The Hall–Kier alpha value is -4.44. The molecular formula is C53H97N11O20S4. The maximum atomic E-state index is 12.2. The van der Waals surface area contributed by atoms with Crippen LogP contribution in [0.3, 0.4) is 0 Å². The monoisotopic (exact) mass is 1340 g/mol. The molecule has 1 fully saturated rings. The van der Waals surface area contributed by atoms with Crippen molar-refractivity contribution in [1.82, 2.24) is 26.2 Å². The van der Waals surface area contributed by atoms with Gasteiger partial charge in [-0.05, 0) is 57.8 Å². The van der Waals surface area contributed by atoms with Gasteiger partial charge in [0.1, 0.15) is 57.5 Å². The Labute approximate surface area is 528 Å². The summed E-state index contributed by atoms with van der Waals surface area (Å²) in [5, 5.41) is 10.3. The quantitative estimate of drug-likeness (QED) is 0.0155. The summed E-state index contributed by atoms with van der Waals surface area (Å²) in [6.07, 6.45) is 10.4. The number of ether oxygens (including phenoxy) is 6. The van der Waals surface area contributed by atoms with Gasteiger partial charge in [0, 0.05) is 55.6 Å². The lowest BCUT2D eigenvalue weighted by atomic mass is 10.1. The smallest absolute Gasteiger partial charge is 0.245 e. The van der Waals surface area contributed by atoms with Crippen LogP contribution in [0.5, 0.6) is 0 Å². The van der Waals surface area contributed by atoms with Crippen molar-refractivity contribution >= 4 is 118 Å². The molecule has 0 radical (unpaired) electrons. The predicted octanol–water partition coefficient (Wildman–Crippen LogP) is -5.07. The Morgan fingerprint density at radius 2 is 0.864 bits per heavy atom. The molecule has 0 aromatic rings. The molecule has 0 bridgehead atoms. The number of thioether (sulfide) groups is 3. The van der Waals surface area contributed by atoms with Crippen molar-refractivity contribution in [3.05, 3.63) is 0 Å². The van der Waals surface area contributed by atoms with Gasteiger partial charge < -0.3 is 113 Å². The van der Waals surface area contributed by atoms with Gasteiger partial charge >= 0.3 is 0 Å². The highest BCUT2D eigenvalue weighted by Crippen LogP contribution is 2.25. The minimum atomic E-state index is -3.22. The van der Waals surface area contributed by atoms with Gasteiger partial charge in [-0.25, -0.2) is 8.42 Å². The van der Waals surface area contributed by atoms with Crippen molar-refractivity contribution in [1.29, 1.82) is 0 Å². The van der Waals surface area contributed by atoms with Crippen molar-refractivity contribution in [2.75, 3.05) is 152 Å². The molecule has 1 aliphatic rings. The molecule has 6 amide bonds. The van der Waals surface area contributed by atoms with E-state index in [1.165, 1.54) is 35.3 Å². The fourth-order valence-corrected chi connectivity index (χ4v) is 10.9. The van der Waals surface area contributed by atoms with E-state index in [1.807, 2.05) is 0 Å². The fourth-order valence-electron chi connectivity index (χ4n) is 6.52. The Kier molecular flexibility index (Phi) is 57.3. The number of unbranched alkanes of at least 4 members (excludes halogenated alkanes) is 3. The maximum Gasteiger partial charge on any atom is 0.245 e. The first-order valence-electron chi connectivity index (χ1n) is 28.8. The number of hydrogen-bond acceptors (Lipinski definition) is 29. The number of sulfone groups is 1. The summed E-state index contributed by atoms with van der Waals surface area (Å²) in [5.41, 5.74) is 32.7. The third-order valence-corrected chi connectivity index (χ3v) is 16.8. The highest BCUT2D eigenvalue weighted by atomic mass is 32.2. The van der Waals surface area contributed by atoms with Crippen molar-refractivity contribution < 1.29 is 94.4 Å². The Balaban J connectivity index is 0. The van der Waals surface area contributed by atoms with E-state index in [9.17, 15) is 66.0 Å². The summed E-state index contributed by atoms with van der Waals surface area (Å²) in [6.45, 7) is 3.70. The van der Waals surface area contributed by atoms with Crippen LogP contribution in [0.25, 0.3) is 0 Å². The predicted molar refractivity (Wildman–Crippen MR) is 334 cm³/mol. The lowest BCUT2D eigenvalue weighted by Gasteiger charge is -2.15. The molecule has 0 spiro atoms. The molecular weight excluding hydrogens is 1240 g/mol. The highest BCUT2D eigenvalue weighted by Gasteiger charge is 2.38. The molecule has 0 saturated carbocycles. The van der Waals surface area contributed by atoms with E-state index in [1.54, 1.807) is 0 Å². The van der Waals surface area contributed by atoms with Crippen LogP contribution in [0.1, 0.15) is 64.2 Å². The number of nitrogens with zero attached hydrogens (tertiary/aromatic N) is 1. The van der Waals surface area contributed by atoms with E-state index < -0.39 is 51.3 Å². The minimum absolute atomic E-state index is 0.00432. The maximum absolute atomic E-state index is 12.2. The van der Waals surface area contributed by atoms with Crippen LogP contribution in [-0.4, -0.2) is 280 Å². The minimum Gasteiger partial charge on any atom is -0.378 e. The first-order chi connectivity index (χ1) is 42.2. The number of likely N-dealkylation sites (tertiary alicyclic amines) is 1. The fraction of sp³-hybridized carbons (Fsp3) is 0.774. The van der Waals surface area contributed by atoms with Crippen molar-refractivity contribution in [2.24, 2.45) is 34.4 Å². The highest BCUT2D eigenvalue weighted by molar-refractivity contribution is 8.01. The molecule has 7 unspecified atom stereocenters. The molecule has 1 saturated heterocycles. The van der Waals surface area contributed by atoms with E-state index in [-0.39, 0.29) is 137 Å². The van der Waals surface area contributed by atoms with Crippen molar-refractivity contribution in [2.45, 2.75) is 106 Å². The van der Waals surface area contributed by atoms with Gasteiger partial charge in [0.25, 0.3) is 0 Å². The largest absolute Gasteiger partial charge is 0.378 e. The second kappa shape index (κ2) is 58.9. The van der Waals surface area contributed by atoms with E-state index in [0.717, 1.165) is 49.7 Å². The molecule has 0 aliphatic carbocycles. The summed E-state index contributed by atoms with van der Waals surface area (Å²) >= 11 is 3.83. The second-order valence-electron chi connectivity index (χ2n) is 19.3. The summed E-state index contributed by atoms with van der Waals surface area (Å²) in [4.78, 5) is 134. The average Bonchev–Trinajstić information content (AvgIpc) is 3.36. The number of aldehydes is 6. The van der Waals surface area contributed by atoms with Gasteiger partial charge in [-0.1, -0.05) is 0 Å². The van der Waals surface area contributed by atoms with E-state index in [4.69, 9.17) is 62.8 Å². The third kappa shape index (κ3) is 54.5. The molecule has 1 heterocycles. The molecule has 0 aromatic heterocycles. The summed E-state index contributed by atoms with van der Waals surface area (Å²) in [6, 6.07) is -3.10. The van der Waals surface area contributed by atoms with Crippen LogP contribution < -0.4 is 55.7 Å². The number of nitrogens with one attached hydrogen (secondary N) is 4. The zero-order chi connectivity index (χ0) is 66.1. The molecule has 35 heteroatoms. The molecule has 7 atom stereocenters. The standard InChI is InChI=1S/C19H32N4O7S.C17H32N4O6S.C17H33N3O7S2/c20-14(10-24)3-1-2-4-22-17(26)12-30-8-7-29-6-5-23-18(27)9-16(19(23)28)31-13-15(21)11-25;18-14(9-22)3-1-2-4-20-16(24)11-27-8-7-26-6-5-21-17(25)13-28-12-15(19)10-23;18-15(11-21)3-1-2-4-20-17(23)13-27-6-5-26-7-9-29(24,25)10-8-28-14-16(19)12-22/h10-11,14-16H,1-9,12-13,20-21H2,(H,22,26);9-10,14-15H,1-8,11-13,18-19H2,(H,20,24)(H,21,25);11-12,15-16H,1-10,13-14,18-19H2,(H,20,23). The van der Waals surface area contributed by atoms with Gasteiger partial charge in [0.2, 0.25) is 35.4 Å². The average molecular weight is 1340 g/mol. The number of imide groups is 1. The molecule has 16 N–H and O–H groups in total. The zero-order valence-corrected chi connectivity index (χ0v) is 53.5. The normalized spacial score (nSPS) is 14.9. The summed E-state index contributed by atoms with van der Waals surface area (Å²) in [5.74, 6) is 0.209. The van der Waals surface area contributed by atoms with Crippen LogP contribution in [0.2, 0.25) is 0 Å². The van der Waals surface area contributed by atoms with Crippen LogP contribution in [-0.2, 0) is 95.8 Å². The Morgan fingerprint density at radius 1 is 0.477 bits per heavy atom. The van der Waals surface area contributed by atoms with Crippen LogP contribution in [0.4, 0.5) is 0 Å². The number of nitrogens with two attached hydrogens (primary N) is 6. The van der Waals surface area contributed by atoms with Gasteiger partial charge in [-0.2, -0.15) is 11.8 Å². The number of carbonyl (C=O) groups excluding carboxylic acids is 12. The van der Waals surface area contributed by atoms with Crippen molar-refractivity contribution in [3.63, 3.8) is 0 Å². The molecule has 1 rings (SSSR count). The first kappa shape index (κ1) is 85.6. The Morgan fingerprint density at radius 3 is 1.31 bits per heavy atom. The van der Waals surface area contributed by atoms with Crippen LogP contribution in [0.15, 0.2) is 0 Å². The molecule has 1 aliphatic heterocycles. The molecule has 0 aromatic carbocycles. The lowest BCUT2D eigenvalue weighted by Crippen LogP contribution is -2.35. The summed E-state index contributed by atoms with van der Waals surface area (Å²) < 4.78 is 55.0. The van der Waals surface area contributed by atoms with E-state index >= 15 is 0 Å². The van der Waals surface area contributed by atoms with Gasteiger partial charge in [0.15, 0.2) is 9.84 Å². The lowest BCUT2D eigenvalue weighted by molar-refractivity contribution is -0.139. The van der Waals surface area contributed by atoms with Crippen LogP contribution in [0, 0.1) is 0 Å². The Bertz CT molecular complexity index is 2070. The number of rotatable bonds is 57. The number of carbonyl (C=O) groups is 12. The SMILES string of the molecule is NC(C=O)CCCCNC(=O)COCCOCCN1C(=O)CC(SCC(N)C=O)C1=O.NC(C=O)CCCCNC(=O)COCCOCCNC(=O)CSCC(N)C=O.NC(C=O)CCCCNC(=O)COCCOCCS(=O)(=O)CCSCC(N)C=O. The van der Waals surface area contributed by atoms with Crippen molar-refractivity contribution in [3.8, 4) is 0 Å². The molecule has 508 valence electrons. The van der Waals surface area contributed by atoms with Gasteiger partial charge in [-0.15, -0.1) is 23.5 Å². The number of hydrogen-bond donors (Lipinski definition) is 10. The zero-order valence-electron chi connectivity index (χ0n) is 50.3. The molecule has 88 heavy (non-hydrogen) atoms. The molecule has 31 nitrogen and oxygen atoms in total. The third-order valence-electron chi connectivity index (χ3n) is 11.4. The van der Waals surface area contributed by atoms with Crippen LogP contribution >= 0.6 is 35.3 Å². The van der Waals surface area contributed by atoms with Gasteiger partial charge in [-0.3, -0.25) is 33.7 Å². The first-order valence-corrected chi connectivity index (χ1v) is 34.0. The van der Waals surface area contributed by atoms with E-state index in [2.05, 4.69) is 21.3 Å². The number of amides is 6. The van der Waals surface area contributed by atoms with E-state index in [0.29, 0.717) is 107 Å². The topological polar surface area (TPSA) is 502 Å².